The van der Waals surface area contributed by atoms with Gasteiger partial charge in [0, 0.05) is 32.2 Å². The molecule has 2 atom stereocenters. The number of halogens is 4. The van der Waals surface area contributed by atoms with E-state index in [1.807, 2.05) is 0 Å². The van der Waals surface area contributed by atoms with Crippen molar-refractivity contribution < 1.29 is 46.1 Å². The smallest absolute Gasteiger partial charge is 0.470 e. The first-order valence-corrected chi connectivity index (χ1v) is 14.5. The van der Waals surface area contributed by atoms with Crippen molar-refractivity contribution in [3.63, 3.8) is 0 Å². The molecule has 46 heavy (non-hydrogen) atoms. The third-order valence-electron chi connectivity index (χ3n) is 6.81. The molecule has 2 aromatic carbocycles. The molecule has 2 heterocycles. The maximum Gasteiger partial charge on any atom is 0.573 e. The first-order chi connectivity index (χ1) is 21.6. The Labute approximate surface area is 263 Å². The summed E-state index contributed by atoms with van der Waals surface area (Å²) in [6.45, 7) is 6.63. The molecular formula is C31H37F4N5O6. The summed E-state index contributed by atoms with van der Waals surface area (Å²) < 4.78 is 76.2. The number of piperidine rings is 1. The molecule has 0 aliphatic carbocycles. The van der Waals surface area contributed by atoms with Crippen molar-refractivity contribution in [1.29, 1.82) is 0 Å². The molecule has 1 fully saturated rings. The van der Waals surface area contributed by atoms with Gasteiger partial charge in [0.2, 0.25) is 5.88 Å². The average Bonchev–Trinajstić information content (AvgIpc) is 3.27. The van der Waals surface area contributed by atoms with Gasteiger partial charge in [-0.1, -0.05) is 24.3 Å². The van der Waals surface area contributed by atoms with Crippen molar-refractivity contribution in [3.8, 4) is 17.3 Å². The molecule has 0 spiro atoms. The van der Waals surface area contributed by atoms with Crippen LogP contribution in [0.3, 0.4) is 0 Å². The largest absolute Gasteiger partial charge is 0.573 e. The number of aromatic nitrogens is 2. The summed E-state index contributed by atoms with van der Waals surface area (Å²) in [6.07, 6.45) is -7.83. The quantitative estimate of drug-likeness (QED) is 0.262. The second kappa shape index (κ2) is 14.3. The fourth-order valence-corrected chi connectivity index (χ4v) is 4.72. The van der Waals surface area contributed by atoms with Crippen LogP contribution in [0.5, 0.6) is 11.6 Å². The lowest BCUT2D eigenvalue weighted by Gasteiger charge is -2.35. The summed E-state index contributed by atoms with van der Waals surface area (Å²) >= 11 is 0. The first-order valence-electron chi connectivity index (χ1n) is 14.5. The van der Waals surface area contributed by atoms with Gasteiger partial charge < -0.3 is 29.2 Å². The van der Waals surface area contributed by atoms with E-state index < -0.39 is 42.1 Å². The molecule has 1 aliphatic rings. The molecular weight excluding hydrogens is 614 g/mol. The Kier molecular flexibility index (Phi) is 10.7. The summed E-state index contributed by atoms with van der Waals surface area (Å²) in [6, 6.07) is 12.1. The number of amides is 3. The van der Waals surface area contributed by atoms with Gasteiger partial charge in [0.25, 0.3) is 0 Å². The highest BCUT2D eigenvalue weighted by Crippen LogP contribution is 2.32. The van der Waals surface area contributed by atoms with E-state index in [1.54, 1.807) is 58.0 Å². The number of alkyl halides is 4. The summed E-state index contributed by atoms with van der Waals surface area (Å²) in [5.41, 5.74) is 0.869. The maximum atomic E-state index is 15.2. The van der Waals surface area contributed by atoms with Gasteiger partial charge in [0.15, 0.2) is 6.17 Å². The summed E-state index contributed by atoms with van der Waals surface area (Å²) in [7, 11) is 1.45. The SMILES string of the molecule is COCc1ccc(OC(F)(F)F)c(CNC(=O)Nc2c(C)c(O[C@@H]3CCN(C(=O)OC(C)(C)C)C[C@@H]3F)nn2-c2ccccc2)c1. The summed E-state index contributed by atoms with van der Waals surface area (Å²) in [5, 5.41) is 9.73. The number of nitrogens with one attached hydrogen (secondary N) is 2. The number of carbonyl (C=O) groups excluding carboxylic acids is 2. The van der Waals surface area contributed by atoms with Gasteiger partial charge >= 0.3 is 18.5 Å². The van der Waals surface area contributed by atoms with Gasteiger partial charge in [-0.2, -0.15) is 0 Å². The van der Waals surface area contributed by atoms with Crippen LogP contribution in [0.2, 0.25) is 0 Å². The first kappa shape index (κ1) is 34.3. The van der Waals surface area contributed by atoms with Crippen LogP contribution in [0.25, 0.3) is 5.69 Å². The summed E-state index contributed by atoms with van der Waals surface area (Å²) in [5.74, 6) is -0.210. The monoisotopic (exact) mass is 651 g/mol. The third-order valence-corrected chi connectivity index (χ3v) is 6.81. The number of rotatable bonds is 9. The molecule has 0 bridgehead atoms. The standard InChI is InChI=1S/C31H37F4N5O6/c1-19-26(37-28(41)36-16-21-15-20(18-43-5)11-12-24(21)45-31(33,34)35)40(22-9-7-6-8-10-22)38-27(19)44-25-13-14-39(17-23(25)32)29(42)46-30(2,3)4/h6-12,15,23,25H,13-14,16-18H2,1-5H3,(H2,36,37,41)/t23-,25+/m0/s1. The number of anilines is 1. The van der Waals surface area contributed by atoms with E-state index in [0.717, 1.165) is 6.07 Å². The van der Waals surface area contributed by atoms with E-state index in [-0.39, 0.29) is 49.9 Å². The Morgan fingerprint density at radius 1 is 1.09 bits per heavy atom. The molecule has 11 nitrogen and oxygen atoms in total. The molecule has 1 saturated heterocycles. The van der Waals surface area contributed by atoms with Crippen LogP contribution in [-0.2, 0) is 22.6 Å². The number of methoxy groups -OCH3 is 1. The molecule has 0 saturated carbocycles. The van der Waals surface area contributed by atoms with Crippen LogP contribution in [-0.4, -0.2) is 71.2 Å². The molecule has 1 aliphatic heterocycles. The zero-order valence-electron chi connectivity index (χ0n) is 26.1. The van der Waals surface area contributed by atoms with Gasteiger partial charge in [-0.25, -0.2) is 18.7 Å². The Balaban J connectivity index is 1.51. The summed E-state index contributed by atoms with van der Waals surface area (Å²) in [4.78, 5) is 26.8. The number of para-hydroxylation sites is 1. The minimum Gasteiger partial charge on any atom is -0.470 e. The Morgan fingerprint density at radius 3 is 2.43 bits per heavy atom. The number of hydrogen-bond donors (Lipinski definition) is 2. The molecule has 0 unspecified atom stereocenters. The fraction of sp³-hybridized carbons (Fsp3) is 0.452. The fourth-order valence-electron chi connectivity index (χ4n) is 4.72. The highest BCUT2D eigenvalue weighted by atomic mass is 19.4. The van der Waals surface area contributed by atoms with Crippen LogP contribution in [0.1, 0.15) is 43.9 Å². The molecule has 3 amide bonds. The van der Waals surface area contributed by atoms with E-state index >= 15 is 4.39 Å². The van der Waals surface area contributed by atoms with Crippen LogP contribution in [0, 0.1) is 6.92 Å². The van der Waals surface area contributed by atoms with E-state index in [1.165, 1.54) is 28.8 Å². The van der Waals surface area contributed by atoms with Crippen LogP contribution in [0.4, 0.5) is 33.0 Å². The topological polar surface area (TPSA) is 116 Å². The minimum absolute atomic E-state index is 0.0608. The van der Waals surface area contributed by atoms with Crippen LogP contribution in [0.15, 0.2) is 48.5 Å². The molecule has 4 rings (SSSR count). The van der Waals surface area contributed by atoms with Crippen molar-refractivity contribution in [1.82, 2.24) is 20.0 Å². The van der Waals surface area contributed by atoms with Crippen molar-refractivity contribution in [2.75, 3.05) is 25.5 Å². The van der Waals surface area contributed by atoms with Crippen molar-refractivity contribution >= 4 is 17.9 Å². The van der Waals surface area contributed by atoms with Gasteiger partial charge in [-0.3, -0.25) is 5.32 Å². The molecule has 2 N–H and O–H groups in total. The molecule has 250 valence electrons. The third kappa shape index (κ3) is 9.25. The average molecular weight is 652 g/mol. The zero-order valence-corrected chi connectivity index (χ0v) is 26.1. The van der Waals surface area contributed by atoms with Crippen LogP contribution >= 0.6 is 0 Å². The van der Waals surface area contributed by atoms with E-state index in [4.69, 9.17) is 14.2 Å². The molecule has 0 radical (unpaired) electrons. The highest BCUT2D eigenvalue weighted by Gasteiger charge is 2.36. The number of likely N-dealkylation sites (tertiary alicyclic amines) is 1. The number of urea groups is 1. The number of hydrogen-bond acceptors (Lipinski definition) is 7. The number of benzene rings is 2. The Bertz CT molecular complexity index is 1510. The van der Waals surface area contributed by atoms with Crippen LogP contribution < -0.4 is 20.1 Å². The number of ether oxygens (including phenoxy) is 4. The number of carbonyl (C=O) groups is 2. The Morgan fingerprint density at radius 2 is 1.80 bits per heavy atom. The van der Waals surface area contributed by atoms with Gasteiger partial charge in [-0.05, 0) is 57.5 Å². The predicted molar refractivity (Wildman–Crippen MR) is 160 cm³/mol. The zero-order chi connectivity index (χ0) is 33.6. The van der Waals surface area contributed by atoms with Crippen molar-refractivity contribution in [2.45, 2.75) is 71.5 Å². The predicted octanol–water partition coefficient (Wildman–Crippen LogP) is 6.27. The van der Waals surface area contributed by atoms with Crippen molar-refractivity contribution in [2.24, 2.45) is 0 Å². The van der Waals surface area contributed by atoms with Gasteiger partial charge in [-0.15, -0.1) is 18.3 Å². The van der Waals surface area contributed by atoms with E-state index in [2.05, 4.69) is 20.5 Å². The maximum absolute atomic E-state index is 15.2. The highest BCUT2D eigenvalue weighted by molar-refractivity contribution is 5.89. The minimum atomic E-state index is -4.93. The van der Waals surface area contributed by atoms with Gasteiger partial charge in [0.05, 0.1) is 24.4 Å². The second-order valence-corrected chi connectivity index (χ2v) is 11.6. The lowest BCUT2D eigenvalue weighted by molar-refractivity contribution is -0.274. The lowest BCUT2D eigenvalue weighted by Crippen LogP contribution is -2.50. The molecule has 3 aromatic rings. The van der Waals surface area contributed by atoms with E-state index in [0.29, 0.717) is 16.8 Å². The number of nitrogens with zero attached hydrogens (tertiary/aromatic N) is 3. The van der Waals surface area contributed by atoms with Crippen molar-refractivity contribution in [3.05, 3.63) is 65.2 Å². The normalized spacial score (nSPS) is 16.9. The second-order valence-electron chi connectivity index (χ2n) is 11.6. The van der Waals surface area contributed by atoms with E-state index in [9.17, 15) is 22.8 Å². The molecule has 1 aromatic heterocycles. The molecule has 15 heteroatoms. The van der Waals surface area contributed by atoms with Gasteiger partial charge in [0.1, 0.15) is 23.3 Å². The lowest BCUT2D eigenvalue weighted by atomic mass is 10.1. The Hall–Kier alpha value is -4.53.